The first-order chi connectivity index (χ1) is 8.84. The highest BCUT2D eigenvalue weighted by Gasteiger charge is 2.37. The van der Waals surface area contributed by atoms with Gasteiger partial charge in [0, 0.05) is 13.1 Å². The predicted molar refractivity (Wildman–Crippen MR) is 71.0 cm³/mol. The number of hydrogen-bond acceptors (Lipinski definition) is 3. The zero-order chi connectivity index (χ0) is 14.2. The average molecular weight is 324 g/mol. The number of nitrogens with zero attached hydrogens (tertiary/aromatic N) is 1. The summed E-state index contributed by atoms with van der Waals surface area (Å²) in [5.41, 5.74) is 0. The van der Waals surface area contributed by atoms with E-state index in [9.17, 15) is 13.2 Å². The maximum atomic E-state index is 12.4. The molecule has 0 aromatic heterocycles. The molecule has 0 spiro atoms. The second-order valence-corrected chi connectivity index (χ2v) is 6.93. The molecule has 1 aliphatic rings. The van der Waals surface area contributed by atoms with Gasteiger partial charge in [-0.3, -0.25) is 4.79 Å². The van der Waals surface area contributed by atoms with Gasteiger partial charge in [0.05, 0.1) is 16.0 Å². The van der Waals surface area contributed by atoms with E-state index in [1.165, 1.54) is 12.1 Å². The molecule has 104 valence electrons. The van der Waals surface area contributed by atoms with Crippen molar-refractivity contribution in [3.05, 3.63) is 28.2 Å². The predicted octanol–water partition coefficient (Wildman–Crippen LogP) is 2.09. The van der Waals surface area contributed by atoms with Crippen LogP contribution in [-0.2, 0) is 14.8 Å². The van der Waals surface area contributed by atoms with Crippen LogP contribution in [0.3, 0.4) is 0 Å². The maximum absolute atomic E-state index is 12.4. The number of carboxylic acids is 1. The third kappa shape index (κ3) is 2.72. The lowest BCUT2D eigenvalue weighted by molar-refractivity contribution is -0.141. The molecular formula is C11H11Cl2NO4S. The molecule has 1 atom stereocenters. The van der Waals surface area contributed by atoms with Crippen molar-refractivity contribution in [1.29, 1.82) is 0 Å². The zero-order valence-corrected chi connectivity index (χ0v) is 12.0. The standard InChI is InChI=1S/C11H11Cl2NO4S/c12-8-2-1-3-9(13)10(8)19(17,18)14-5-4-7(6-14)11(15)16/h1-3,7H,4-6H2,(H,15,16). The lowest BCUT2D eigenvalue weighted by Crippen LogP contribution is -2.30. The van der Waals surface area contributed by atoms with Crippen LogP contribution >= 0.6 is 23.2 Å². The van der Waals surface area contributed by atoms with E-state index in [1.54, 1.807) is 6.07 Å². The van der Waals surface area contributed by atoms with Gasteiger partial charge < -0.3 is 5.11 Å². The van der Waals surface area contributed by atoms with Gasteiger partial charge in [-0.1, -0.05) is 29.3 Å². The van der Waals surface area contributed by atoms with E-state index in [4.69, 9.17) is 28.3 Å². The molecule has 1 aromatic rings. The van der Waals surface area contributed by atoms with E-state index < -0.39 is 21.9 Å². The Balaban J connectivity index is 2.37. The first-order valence-corrected chi connectivity index (χ1v) is 7.70. The second-order valence-electron chi connectivity index (χ2n) is 4.24. The van der Waals surface area contributed by atoms with Crippen LogP contribution in [0.25, 0.3) is 0 Å². The van der Waals surface area contributed by atoms with Crippen molar-refractivity contribution in [2.24, 2.45) is 5.92 Å². The molecule has 1 unspecified atom stereocenters. The molecule has 1 saturated heterocycles. The Hall–Kier alpha value is -0.820. The Morgan fingerprint density at radius 2 is 1.89 bits per heavy atom. The Kier molecular flexibility index (Phi) is 4.06. The van der Waals surface area contributed by atoms with Crippen LogP contribution in [0.5, 0.6) is 0 Å². The van der Waals surface area contributed by atoms with Crippen molar-refractivity contribution >= 4 is 39.2 Å². The lowest BCUT2D eigenvalue weighted by atomic mass is 10.1. The molecule has 1 fully saturated rings. The van der Waals surface area contributed by atoms with Crippen LogP contribution < -0.4 is 0 Å². The van der Waals surface area contributed by atoms with Gasteiger partial charge in [0.15, 0.2) is 0 Å². The van der Waals surface area contributed by atoms with Gasteiger partial charge in [0.25, 0.3) is 0 Å². The molecule has 8 heteroatoms. The number of benzene rings is 1. The molecule has 0 saturated carbocycles. The molecule has 0 aliphatic carbocycles. The largest absolute Gasteiger partial charge is 0.481 e. The van der Waals surface area contributed by atoms with E-state index in [1.807, 2.05) is 0 Å². The topological polar surface area (TPSA) is 74.7 Å². The highest BCUT2D eigenvalue weighted by atomic mass is 35.5. The van der Waals surface area contributed by atoms with Gasteiger partial charge in [-0.05, 0) is 18.6 Å². The number of carbonyl (C=O) groups is 1. The summed E-state index contributed by atoms with van der Waals surface area (Å²) in [5.74, 6) is -1.68. The molecule has 1 heterocycles. The van der Waals surface area contributed by atoms with Gasteiger partial charge in [0.2, 0.25) is 10.0 Å². The fraction of sp³-hybridized carbons (Fsp3) is 0.364. The molecule has 5 nitrogen and oxygen atoms in total. The summed E-state index contributed by atoms with van der Waals surface area (Å²) in [4.78, 5) is 10.7. The van der Waals surface area contributed by atoms with Crippen molar-refractivity contribution in [3.63, 3.8) is 0 Å². The van der Waals surface area contributed by atoms with Crippen molar-refractivity contribution < 1.29 is 18.3 Å². The minimum absolute atomic E-state index is 0.0336. The van der Waals surface area contributed by atoms with Crippen LogP contribution in [0.2, 0.25) is 10.0 Å². The monoisotopic (exact) mass is 323 g/mol. The Labute approximate surface area is 120 Å². The molecule has 1 aliphatic heterocycles. The number of hydrogen-bond donors (Lipinski definition) is 1. The minimum atomic E-state index is -3.86. The van der Waals surface area contributed by atoms with E-state index in [0.717, 1.165) is 4.31 Å². The number of halogens is 2. The quantitative estimate of drug-likeness (QED) is 0.924. The summed E-state index contributed by atoms with van der Waals surface area (Å²) < 4.78 is 25.9. The fourth-order valence-corrected chi connectivity index (χ4v) is 4.60. The molecule has 0 bridgehead atoms. The molecule has 1 N–H and O–H groups in total. The number of rotatable bonds is 3. The number of aliphatic carboxylic acids is 1. The number of sulfonamides is 1. The summed E-state index contributed by atoms with van der Waals surface area (Å²) in [5, 5.41) is 8.97. The summed E-state index contributed by atoms with van der Waals surface area (Å²) in [6.07, 6.45) is 0.288. The molecule has 19 heavy (non-hydrogen) atoms. The fourth-order valence-electron chi connectivity index (χ4n) is 2.01. The van der Waals surface area contributed by atoms with Crippen molar-refractivity contribution in [3.8, 4) is 0 Å². The van der Waals surface area contributed by atoms with Gasteiger partial charge in [-0.2, -0.15) is 4.31 Å². The maximum Gasteiger partial charge on any atom is 0.307 e. The van der Waals surface area contributed by atoms with Crippen molar-refractivity contribution in [1.82, 2.24) is 4.31 Å². The van der Waals surface area contributed by atoms with E-state index in [2.05, 4.69) is 0 Å². The highest BCUT2D eigenvalue weighted by Crippen LogP contribution is 2.33. The van der Waals surface area contributed by atoms with Crippen LogP contribution in [0.4, 0.5) is 0 Å². The third-order valence-corrected chi connectivity index (χ3v) is 5.84. The summed E-state index contributed by atoms with van der Waals surface area (Å²) >= 11 is 11.8. The van der Waals surface area contributed by atoms with E-state index in [0.29, 0.717) is 0 Å². The molecule has 0 amide bonds. The molecule has 1 aromatic carbocycles. The highest BCUT2D eigenvalue weighted by molar-refractivity contribution is 7.89. The zero-order valence-electron chi connectivity index (χ0n) is 9.71. The SMILES string of the molecule is O=C(O)C1CCN(S(=O)(=O)c2c(Cl)cccc2Cl)C1. The average Bonchev–Trinajstić information content (AvgIpc) is 2.78. The molecular weight excluding hydrogens is 313 g/mol. The molecule has 0 radical (unpaired) electrons. The number of carboxylic acid groups (broad SMARTS) is 1. The van der Waals surface area contributed by atoms with E-state index in [-0.39, 0.29) is 34.5 Å². The van der Waals surface area contributed by atoms with E-state index >= 15 is 0 Å². The summed E-state index contributed by atoms with van der Waals surface area (Å²) in [6.45, 7) is 0.0973. The van der Waals surface area contributed by atoms with Gasteiger partial charge in [-0.25, -0.2) is 8.42 Å². The van der Waals surface area contributed by atoms with Crippen LogP contribution in [0.1, 0.15) is 6.42 Å². The van der Waals surface area contributed by atoms with Crippen LogP contribution in [0.15, 0.2) is 23.1 Å². The first kappa shape index (κ1) is 14.6. The Morgan fingerprint density at radius 3 is 2.37 bits per heavy atom. The minimum Gasteiger partial charge on any atom is -0.481 e. The van der Waals surface area contributed by atoms with Crippen molar-refractivity contribution in [2.45, 2.75) is 11.3 Å². The van der Waals surface area contributed by atoms with Crippen LogP contribution in [-0.4, -0.2) is 36.9 Å². The Morgan fingerprint density at radius 1 is 1.32 bits per heavy atom. The Bertz CT molecular complexity index is 597. The summed E-state index contributed by atoms with van der Waals surface area (Å²) in [6, 6.07) is 4.42. The van der Waals surface area contributed by atoms with Crippen LogP contribution in [0, 0.1) is 5.92 Å². The third-order valence-electron chi connectivity index (χ3n) is 3.02. The lowest BCUT2D eigenvalue weighted by Gasteiger charge is -2.17. The molecule has 2 rings (SSSR count). The second kappa shape index (κ2) is 5.28. The van der Waals surface area contributed by atoms with Gasteiger partial charge in [0.1, 0.15) is 4.90 Å². The van der Waals surface area contributed by atoms with Gasteiger partial charge in [-0.15, -0.1) is 0 Å². The summed E-state index contributed by atoms with van der Waals surface area (Å²) in [7, 11) is -3.86. The van der Waals surface area contributed by atoms with Gasteiger partial charge >= 0.3 is 5.97 Å². The normalized spacial score (nSPS) is 20.6. The van der Waals surface area contributed by atoms with Crippen molar-refractivity contribution in [2.75, 3.05) is 13.1 Å². The first-order valence-electron chi connectivity index (χ1n) is 5.51. The smallest absolute Gasteiger partial charge is 0.307 e.